The highest BCUT2D eigenvalue weighted by Gasteiger charge is 2.37. The molecule has 4 amide bonds. The van der Waals surface area contributed by atoms with Gasteiger partial charge in [-0.2, -0.15) is 0 Å². The normalized spacial score (nSPS) is 14.4. The maximum Gasteiger partial charge on any atom is 0.266 e. The van der Waals surface area contributed by atoms with Gasteiger partial charge in [0.2, 0.25) is 0 Å². The van der Waals surface area contributed by atoms with Crippen LogP contribution in [0.1, 0.15) is 58.1 Å². The molecule has 0 radical (unpaired) electrons. The highest BCUT2D eigenvalue weighted by Crippen LogP contribution is 2.36. The SMILES string of the molecule is Cc1ccc(-c2ccc(N3C(=O)c4ccc(-c5ccc6c(c5)C(=O)N(C)C6=O)cc4C3=O)cc2C)c(C)c1. The van der Waals surface area contributed by atoms with E-state index in [0.717, 1.165) is 21.6 Å². The summed E-state index contributed by atoms with van der Waals surface area (Å²) in [5, 5.41) is 0. The van der Waals surface area contributed by atoms with E-state index in [1.165, 1.54) is 23.1 Å². The molecule has 0 unspecified atom stereocenters. The van der Waals surface area contributed by atoms with Gasteiger partial charge in [0.05, 0.1) is 27.9 Å². The van der Waals surface area contributed by atoms with Gasteiger partial charge in [-0.25, -0.2) is 4.90 Å². The first kappa shape index (κ1) is 23.6. The molecule has 4 aromatic rings. The Kier molecular flexibility index (Phi) is 5.17. The number of nitrogens with zero attached hydrogens (tertiary/aromatic N) is 2. The second-order valence-corrected chi connectivity index (χ2v) is 9.95. The number of aryl methyl sites for hydroxylation is 3. The number of hydrogen-bond acceptors (Lipinski definition) is 4. The van der Waals surface area contributed by atoms with Crippen LogP contribution in [0.3, 0.4) is 0 Å². The average Bonchev–Trinajstić information content (AvgIpc) is 3.28. The second kappa shape index (κ2) is 8.35. The first-order valence-electron chi connectivity index (χ1n) is 12.3. The molecule has 2 aliphatic heterocycles. The van der Waals surface area contributed by atoms with E-state index in [1.807, 2.05) is 25.1 Å². The summed E-state index contributed by atoms with van der Waals surface area (Å²) < 4.78 is 0. The highest BCUT2D eigenvalue weighted by molar-refractivity contribution is 6.34. The lowest BCUT2D eigenvalue weighted by Crippen LogP contribution is -2.29. The van der Waals surface area contributed by atoms with Gasteiger partial charge < -0.3 is 0 Å². The van der Waals surface area contributed by atoms with Gasteiger partial charge in [0.15, 0.2) is 0 Å². The molecule has 0 atom stereocenters. The second-order valence-electron chi connectivity index (χ2n) is 9.95. The summed E-state index contributed by atoms with van der Waals surface area (Å²) in [5.41, 5.74) is 8.73. The summed E-state index contributed by atoms with van der Waals surface area (Å²) in [6, 6.07) is 22.1. The van der Waals surface area contributed by atoms with Crippen molar-refractivity contribution in [3.63, 3.8) is 0 Å². The largest absolute Gasteiger partial charge is 0.277 e. The fraction of sp³-hybridized carbons (Fsp3) is 0.125. The lowest BCUT2D eigenvalue weighted by molar-refractivity contribution is 0.0692. The van der Waals surface area contributed by atoms with E-state index < -0.39 is 5.91 Å². The summed E-state index contributed by atoms with van der Waals surface area (Å²) in [5.74, 6) is -1.45. The minimum absolute atomic E-state index is 0.309. The van der Waals surface area contributed by atoms with Crippen LogP contribution in [0, 0.1) is 20.8 Å². The maximum atomic E-state index is 13.5. The topological polar surface area (TPSA) is 74.8 Å². The Labute approximate surface area is 220 Å². The molecule has 186 valence electrons. The molecule has 2 aliphatic rings. The maximum absolute atomic E-state index is 13.5. The van der Waals surface area contributed by atoms with E-state index in [1.54, 1.807) is 36.4 Å². The summed E-state index contributed by atoms with van der Waals surface area (Å²) in [6.07, 6.45) is 0. The smallest absolute Gasteiger partial charge is 0.266 e. The molecule has 0 saturated heterocycles. The quantitative estimate of drug-likeness (QED) is 0.325. The van der Waals surface area contributed by atoms with Gasteiger partial charge in [-0.05, 0) is 90.6 Å². The van der Waals surface area contributed by atoms with E-state index in [-0.39, 0.29) is 17.7 Å². The summed E-state index contributed by atoms with van der Waals surface area (Å²) in [4.78, 5) is 53.8. The third-order valence-electron chi connectivity index (χ3n) is 7.45. The van der Waals surface area contributed by atoms with Gasteiger partial charge in [0.1, 0.15) is 0 Å². The molecule has 0 fully saturated rings. The zero-order valence-electron chi connectivity index (χ0n) is 21.5. The monoisotopic (exact) mass is 500 g/mol. The highest BCUT2D eigenvalue weighted by atomic mass is 16.2. The van der Waals surface area contributed by atoms with Crippen molar-refractivity contribution in [2.75, 3.05) is 11.9 Å². The molecule has 0 N–H and O–H groups in total. The van der Waals surface area contributed by atoms with Crippen molar-refractivity contribution in [1.82, 2.24) is 4.90 Å². The van der Waals surface area contributed by atoms with Crippen molar-refractivity contribution in [2.24, 2.45) is 0 Å². The number of imide groups is 2. The Morgan fingerprint density at radius 2 is 0.947 bits per heavy atom. The Bertz CT molecular complexity index is 1750. The molecular formula is C32H24N2O4. The van der Waals surface area contributed by atoms with Crippen LogP contribution in [0.2, 0.25) is 0 Å². The standard InChI is InChI=1S/C32H24N2O4/c1-17-5-9-23(18(2)13-17)24-12-8-22(14-19(24)3)34-31(37)26-11-7-21(16-28(26)32(34)38)20-6-10-25-27(15-20)30(36)33(4)29(25)35/h5-16H,1-4H3. The van der Waals surface area contributed by atoms with Crippen LogP contribution in [-0.2, 0) is 0 Å². The van der Waals surface area contributed by atoms with Crippen molar-refractivity contribution >= 4 is 29.3 Å². The number of carbonyl (C=O) groups is 4. The van der Waals surface area contributed by atoms with Crippen molar-refractivity contribution in [3.8, 4) is 22.3 Å². The molecule has 38 heavy (non-hydrogen) atoms. The molecule has 0 aliphatic carbocycles. The molecular weight excluding hydrogens is 476 g/mol. The molecule has 4 aromatic carbocycles. The van der Waals surface area contributed by atoms with Crippen molar-refractivity contribution in [1.29, 1.82) is 0 Å². The van der Waals surface area contributed by atoms with Crippen LogP contribution in [-0.4, -0.2) is 35.6 Å². The first-order chi connectivity index (χ1) is 18.2. The fourth-order valence-corrected chi connectivity index (χ4v) is 5.40. The van der Waals surface area contributed by atoms with Crippen LogP contribution in [0.4, 0.5) is 5.69 Å². The van der Waals surface area contributed by atoms with E-state index in [0.29, 0.717) is 39.1 Å². The van der Waals surface area contributed by atoms with Crippen LogP contribution >= 0.6 is 0 Å². The Morgan fingerprint density at radius 3 is 1.55 bits per heavy atom. The van der Waals surface area contributed by atoms with Crippen molar-refractivity contribution < 1.29 is 19.2 Å². The number of anilines is 1. The molecule has 0 spiro atoms. The fourth-order valence-electron chi connectivity index (χ4n) is 5.40. The van der Waals surface area contributed by atoms with E-state index in [9.17, 15) is 19.2 Å². The molecule has 0 bridgehead atoms. The molecule has 6 heteroatoms. The van der Waals surface area contributed by atoms with E-state index in [4.69, 9.17) is 0 Å². The van der Waals surface area contributed by atoms with Crippen LogP contribution in [0.25, 0.3) is 22.3 Å². The molecule has 0 aromatic heterocycles. The third-order valence-corrected chi connectivity index (χ3v) is 7.45. The molecule has 0 saturated carbocycles. The molecule has 6 nitrogen and oxygen atoms in total. The number of rotatable bonds is 3. The predicted octanol–water partition coefficient (Wildman–Crippen LogP) is 5.97. The Balaban J connectivity index is 1.34. The Morgan fingerprint density at radius 1 is 0.474 bits per heavy atom. The molecule has 6 rings (SSSR count). The average molecular weight is 501 g/mol. The number of hydrogen-bond donors (Lipinski definition) is 0. The van der Waals surface area contributed by atoms with Gasteiger partial charge in [0.25, 0.3) is 23.6 Å². The van der Waals surface area contributed by atoms with Gasteiger partial charge >= 0.3 is 0 Å². The lowest BCUT2D eigenvalue weighted by Gasteiger charge is -2.17. The van der Waals surface area contributed by atoms with E-state index in [2.05, 4.69) is 32.0 Å². The summed E-state index contributed by atoms with van der Waals surface area (Å²) in [6.45, 7) is 6.11. The van der Waals surface area contributed by atoms with Crippen LogP contribution < -0.4 is 4.90 Å². The number of carbonyl (C=O) groups excluding carboxylic acids is 4. The van der Waals surface area contributed by atoms with Crippen LogP contribution in [0.15, 0.2) is 72.8 Å². The van der Waals surface area contributed by atoms with Gasteiger partial charge in [-0.15, -0.1) is 0 Å². The predicted molar refractivity (Wildman–Crippen MR) is 146 cm³/mol. The van der Waals surface area contributed by atoms with Gasteiger partial charge in [-0.3, -0.25) is 24.1 Å². The third kappa shape index (κ3) is 3.41. The Hall–Kier alpha value is -4.84. The zero-order chi connectivity index (χ0) is 26.9. The minimum Gasteiger partial charge on any atom is -0.277 e. The van der Waals surface area contributed by atoms with Crippen molar-refractivity contribution in [3.05, 3.63) is 112 Å². The lowest BCUT2D eigenvalue weighted by atomic mass is 9.95. The summed E-state index contributed by atoms with van der Waals surface area (Å²) in [7, 11) is 1.45. The number of amides is 4. The zero-order valence-corrected chi connectivity index (χ0v) is 21.5. The van der Waals surface area contributed by atoms with Crippen LogP contribution in [0.5, 0.6) is 0 Å². The number of fused-ring (bicyclic) bond motifs is 2. The molecule has 2 heterocycles. The number of benzene rings is 4. The summed E-state index contributed by atoms with van der Waals surface area (Å²) >= 11 is 0. The van der Waals surface area contributed by atoms with E-state index >= 15 is 0 Å². The minimum atomic E-state index is -0.391. The first-order valence-corrected chi connectivity index (χ1v) is 12.3. The van der Waals surface area contributed by atoms with Gasteiger partial charge in [-0.1, -0.05) is 42.0 Å². The van der Waals surface area contributed by atoms with Crippen molar-refractivity contribution in [2.45, 2.75) is 20.8 Å². The van der Waals surface area contributed by atoms with Gasteiger partial charge in [0, 0.05) is 7.05 Å².